The third-order valence-electron chi connectivity index (χ3n) is 3.61. The maximum Gasteiger partial charge on any atom is 0.254 e. The minimum Gasteiger partial charge on any atom is -0.504 e. The predicted octanol–water partition coefficient (Wildman–Crippen LogP) is 0.0983. The van der Waals surface area contributed by atoms with Crippen molar-refractivity contribution in [1.82, 2.24) is 15.2 Å². The summed E-state index contributed by atoms with van der Waals surface area (Å²) in [5.41, 5.74) is 2.96. The molecule has 1 amide bonds. The van der Waals surface area contributed by atoms with Crippen molar-refractivity contribution in [2.75, 3.05) is 46.9 Å². The maximum atomic E-state index is 11.8. The molecule has 2 N–H and O–H groups in total. The van der Waals surface area contributed by atoms with Gasteiger partial charge in [0.15, 0.2) is 11.5 Å². The van der Waals surface area contributed by atoms with Crippen molar-refractivity contribution in [3.05, 3.63) is 23.8 Å². The topological polar surface area (TPSA) is 77.4 Å². The number of rotatable bonds is 5. The first-order valence-electron chi connectivity index (χ1n) is 7.19. The van der Waals surface area contributed by atoms with Crippen LogP contribution in [0.25, 0.3) is 0 Å². The molecule has 2 rings (SSSR count). The Morgan fingerprint density at radius 1 is 1.41 bits per heavy atom. The first-order valence-corrected chi connectivity index (χ1v) is 7.19. The molecular weight excluding hydrogens is 284 g/mol. The van der Waals surface area contributed by atoms with Gasteiger partial charge in [0.2, 0.25) is 0 Å². The molecule has 120 valence electrons. The molecule has 22 heavy (non-hydrogen) atoms. The summed E-state index contributed by atoms with van der Waals surface area (Å²) in [6.07, 6.45) is 1.40. The molecule has 1 aromatic carbocycles. The van der Waals surface area contributed by atoms with Crippen LogP contribution in [0.4, 0.5) is 0 Å². The zero-order chi connectivity index (χ0) is 15.9. The fourth-order valence-electron chi connectivity index (χ4n) is 2.23. The van der Waals surface area contributed by atoms with Crippen LogP contribution in [0.15, 0.2) is 23.3 Å². The van der Waals surface area contributed by atoms with Gasteiger partial charge in [0.25, 0.3) is 5.91 Å². The molecule has 1 aromatic rings. The minimum atomic E-state index is -0.164. The molecule has 7 heteroatoms. The van der Waals surface area contributed by atoms with Gasteiger partial charge in [0.1, 0.15) is 0 Å². The minimum absolute atomic E-state index is 0.00191. The normalized spacial score (nSPS) is 16.8. The van der Waals surface area contributed by atoms with Crippen LogP contribution in [0, 0.1) is 0 Å². The smallest absolute Gasteiger partial charge is 0.254 e. The Hall–Kier alpha value is -2.12. The number of hydrogen-bond donors (Lipinski definition) is 2. The number of ether oxygens (including phenoxy) is 1. The fraction of sp³-hybridized carbons (Fsp3) is 0.467. The Balaban J connectivity index is 1.83. The number of hydrogen-bond acceptors (Lipinski definition) is 6. The highest BCUT2D eigenvalue weighted by atomic mass is 16.5. The van der Waals surface area contributed by atoms with E-state index in [1.165, 1.54) is 13.3 Å². The Morgan fingerprint density at radius 3 is 2.82 bits per heavy atom. The van der Waals surface area contributed by atoms with Gasteiger partial charge in [-0.1, -0.05) is 6.07 Å². The number of para-hydroxylation sites is 1. The number of hydrazone groups is 1. The average molecular weight is 306 g/mol. The van der Waals surface area contributed by atoms with Crippen LogP contribution in [0.5, 0.6) is 11.5 Å². The first-order chi connectivity index (χ1) is 10.6. The number of carbonyl (C=O) groups excluding carboxylic acids is 1. The number of aromatic hydroxyl groups is 1. The molecule has 0 spiro atoms. The second-order valence-corrected chi connectivity index (χ2v) is 5.27. The molecule has 1 aliphatic heterocycles. The van der Waals surface area contributed by atoms with E-state index in [-0.39, 0.29) is 11.7 Å². The van der Waals surface area contributed by atoms with Gasteiger partial charge < -0.3 is 14.7 Å². The number of phenols is 1. The summed E-state index contributed by atoms with van der Waals surface area (Å²) >= 11 is 0. The number of nitrogens with one attached hydrogen (secondary N) is 1. The van der Waals surface area contributed by atoms with Gasteiger partial charge in [-0.05, 0) is 19.2 Å². The third kappa shape index (κ3) is 4.44. The molecule has 0 aliphatic carbocycles. The zero-order valence-electron chi connectivity index (χ0n) is 13.0. The largest absolute Gasteiger partial charge is 0.504 e. The van der Waals surface area contributed by atoms with Crippen molar-refractivity contribution in [3.8, 4) is 11.5 Å². The van der Waals surface area contributed by atoms with E-state index < -0.39 is 0 Å². The molecular formula is C15H22N4O3. The van der Waals surface area contributed by atoms with E-state index in [0.29, 0.717) is 17.9 Å². The van der Waals surface area contributed by atoms with Gasteiger partial charge in [0, 0.05) is 31.7 Å². The van der Waals surface area contributed by atoms with E-state index in [1.807, 2.05) is 0 Å². The number of benzene rings is 1. The van der Waals surface area contributed by atoms with E-state index in [2.05, 4.69) is 27.4 Å². The molecule has 0 unspecified atom stereocenters. The van der Waals surface area contributed by atoms with Crippen LogP contribution in [0.3, 0.4) is 0 Å². The summed E-state index contributed by atoms with van der Waals surface area (Å²) in [6.45, 7) is 4.02. The molecule has 0 bridgehead atoms. The van der Waals surface area contributed by atoms with Crippen molar-refractivity contribution in [3.63, 3.8) is 0 Å². The molecule has 7 nitrogen and oxygen atoms in total. The van der Waals surface area contributed by atoms with Crippen molar-refractivity contribution in [2.24, 2.45) is 5.10 Å². The standard InChI is InChI=1S/C15H22N4O3/c1-18-6-8-19(9-7-18)11-14(20)17-16-10-12-4-3-5-13(22-2)15(12)21/h3-5,10,21H,6-9,11H2,1-2H3,(H,17,20). The quantitative estimate of drug-likeness (QED) is 0.596. The molecule has 1 heterocycles. The molecule has 0 aromatic heterocycles. The predicted molar refractivity (Wildman–Crippen MR) is 84.3 cm³/mol. The van der Waals surface area contributed by atoms with Gasteiger partial charge >= 0.3 is 0 Å². The lowest BCUT2D eigenvalue weighted by Crippen LogP contribution is -2.47. The van der Waals surface area contributed by atoms with Crippen LogP contribution in [0.2, 0.25) is 0 Å². The summed E-state index contributed by atoms with van der Waals surface area (Å²) in [6, 6.07) is 5.08. The summed E-state index contributed by atoms with van der Waals surface area (Å²) in [4.78, 5) is 16.1. The fourth-order valence-corrected chi connectivity index (χ4v) is 2.23. The van der Waals surface area contributed by atoms with E-state index in [9.17, 15) is 9.90 Å². The third-order valence-corrected chi connectivity index (χ3v) is 3.61. The van der Waals surface area contributed by atoms with Crippen LogP contribution < -0.4 is 10.2 Å². The Kier molecular flexibility index (Phi) is 5.74. The number of piperazine rings is 1. The zero-order valence-corrected chi connectivity index (χ0v) is 13.0. The SMILES string of the molecule is COc1cccc(C=NNC(=O)CN2CCN(C)CC2)c1O. The monoisotopic (exact) mass is 306 g/mol. The highest BCUT2D eigenvalue weighted by molar-refractivity contribution is 5.86. The summed E-state index contributed by atoms with van der Waals surface area (Å²) in [5.74, 6) is 0.206. The van der Waals surface area contributed by atoms with Gasteiger partial charge in [0.05, 0.1) is 19.9 Å². The lowest BCUT2D eigenvalue weighted by atomic mass is 10.2. The van der Waals surface area contributed by atoms with Crippen LogP contribution in [-0.4, -0.2) is 73.9 Å². The number of methoxy groups -OCH3 is 1. The Labute approximate surface area is 130 Å². The molecule has 0 saturated carbocycles. The maximum absolute atomic E-state index is 11.8. The van der Waals surface area contributed by atoms with Crippen molar-refractivity contribution >= 4 is 12.1 Å². The van der Waals surface area contributed by atoms with Crippen molar-refractivity contribution in [2.45, 2.75) is 0 Å². The van der Waals surface area contributed by atoms with Gasteiger partial charge in [-0.15, -0.1) is 0 Å². The average Bonchev–Trinajstić information content (AvgIpc) is 2.51. The highest BCUT2D eigenvalue weighted by Crippen LogP contribution is 2.27. The van der Waals surface area contributed by atoms with Crippen molar-refractivity contribution < 1.29 is 14.6 Å². The van der Waals surface area contributed by atoms with Crippen LogP contribution >= 0.6 is 0 Å². The molecule has 0 radical (unpaired) electrons. The van der Waals surface area contributed by atoms with E-state index >= 15 is 0 Å². The summed E-state index contributed by atoms with van der Waals surface area (Å²) in [7, 11) is 3.55. The van der Waals surface area contributed by atoms with Gasteiger partial charge in [-0.3, -0.25) is 9.69 Å². The molecule has 1 fully saturated rings. The number of amides is 1. The second-order valence-electron chi connectivity index (χ2n) is 5.27. The van der Waals surface area contributed by atoms with Gasteiger partial charge in [-0.2, -0.15) is 5.10 Å². The number of phenolic OH excluding ortho intramolecular Hbond substituents is 1. The highest BCUT2D eigenvalue weighted by Gasteiger charge is 2.16. The summed E-state index contributed by atoms with van der Waals surface area (Å²) < 4.78 is 5.01. The first kappa shape index (κ1) is 16.3. The Bertz CT molecular complexity index is 540. The summed E-state index contributed by atoms with van der Waals surface area (Å²) in [5, 5.41) is 13.8. The lowest BCUT2D eigenvalue weighted by molar-refractivity contribution is -0.122. The van der Waals surface area contributed by atoms with Crippen LogP contribution in [-0.2, 0) is 4.79 Å². The molecule has 1 saturated heterocycles. The Morgan fingerprint density at radius 2 is 2.14 bits per heavy atom. The lowest BCUT2D eigenvalue weighted by Gasteiger charge is -2.31. The van der Waals surface area contributed by atoms with E-state index in [4.69, 9.17) is 4.74 Å². The van der Waals surface area contributed by atoms with Crippen LogP contribution in [0.1, 0.15) is 5.56 Å². The number of likely N-dealkylation sites (N-methyl/N-ethyl adjacent to an activating group) is 1. The number of nitrogens with zero attached hydrogens (tertiary/aromatic N) is 3. The van der Waals surface area contributed by atoms with E-state index in [0.717, 1.165) is 26.2 Å². The number of carbonyl (C=O) groups is 1. The van der Waals surface area contributed by atoms with E-state index in [1.54, 1.807) is 18.2 Å². The van der Waals surface area contributed by atoms with Gasteiger partial charge in [-0.25, -0.2) is 5.43 Å². The second kappa shape index (κ2) is 7.77. The molecule has 0 atom stereocenters. The molecule has 1 aliphatic rings. The van der Waals surface area contributed by atoms with Crippen molar-refractivity contribution in [1.29, 1.82) is 0 Å².